The summed E-state index contributed by atoms with van der Waals surface area (Å²) < 4.78 is 1.24. The molecular formula is C9H8N2O2. The predicted octanol–water partition coefficient (Wildman–Crippen LogP) is 0.639. The molecule has 0 aliphatic carbocycles. The van der Waals surface area contributed by atoms with Gasteiger partial charge >= 0.3 is 0 Å². The molecule has 0 amide bonds. The van der Waals surface area contributed by atoms with Crippen molar-refractivity contribution in [2.45, 2.75) is 0 Å². The van der Waals surface area contributed by atoms with Crippen LogP contribution in [-0.4, -0.2) is 14.9 Å². The van der Waals surface area contributed by atoms with Gasteiger partial charge in [0.25, 0.3) is 5.56 Å². The lowest BCUT2D eigenvalue weighted by atomic mass is 10.2. The van der Waals surface area contributed by atoms with Crippen molar-refractivity contribution in [3.05, 3.63) is 34.7 Å². The fourth-order valence-electron chi connectivity index (χ4n) is 1.25. The number of hydrogen-bond acceptors (Lipinski definition) is 3. The van der Waals surface area contributed by atoms with Crippen molar-refractivity contribution in [2.24, 2.45) is 7.05 Å². The van der Waals surface area contributed by atoms with E-state index in [-0.39, 0.29) is 11.3 Å². The van der Waals surface area contributed by atoms with Crippen molar-refractivity contribution in [1.82, 2.24) is 9.78 Å². The van der Waals surface area contributed by atoms with Crippen molar-refractivity contribution in [1.29, 1.82) is 0 Å². The molecule has 1 aromatic carbocycles. The van der Waals surface area contributed by atoms with Gasteiger partial charge in [-0.1, -0.05) is 6.07 Å². The van der Waals surface area contributed by atoms with Gasteiger partial charge in [0.1, 0.15) is 5.75 Å². The van der Waals surface area contributed by atoms with Crippen LogP contribution in [0.1, 0.15) is 0 Å². The van der Waals surface area contributed by atoms with Crippen molar-refractivity contribution >= 4 is 10.8 Å². The van der Waals surface area contributed by atoms with Crippen LogP contribution in [0.25, 0.3) is 10.8 Å². The predicted molar refractivity (Wildman–Crippen MR) is 48.6 cm³/mol. The Morgan fingerprint density at radius 2 is 2.15 bits per heavy atom. The molecule has 0 aliphatic heterocycles. The summed E-state index contributed by atoms with van der Waals surface area (Å²) in [5.41, 5.74) is -0.201. The molecule has 1 N–H and O–H groups in total. The third kappa shape index (κ3) is 1.07. The van der Waals surface area contributed by atoms with E-state index in [0.717, 1.165) is 0 Å². The Morgan fingerprint density at radius 1 is 1.38 bits per heavy atom. The number of phenols is 1. The molecule has 0 fully saturated rings. The molecule has 0 spiro atoms. The lowest BCUT2D eigenvalue weighted by Gasteiger charge is -2.00. The van der Waals surface area contributed by atoms with Crippen molar-refractivity contribution in [3.8, 4) is 5.75 Å². The summed E-state index contributed by atoms with van der Waals surface area (Å²) in [6.07, 6.45) is 1.48. The van der Waals surface area contributed by atoms with Crippen LogP contribution in [0.2, 0.25) is 0 Å². The Balaban J connectivity index is 3.03. The van der Waals surface area contributed by atoms with E-state index in [1.807, 2.05) is 0 Å². The van der Waals surface area contributed by atoms with E-state index in [1.165, 1.54) is 16.9 Å². The van der Waals surface area contributed by atoms with E-state index < -0.39 is 0 Å². The number of phenolic OH excluding ortho intramolecular Hbond substituents is 1. The van der Waals surface area contributed by atoms with Crippen LogP contribution in [0.15, 0.2) is 29.2 Å². The molecule has 0 bridgehead atoms. The maximum Gasteiger partial charge on any atom is 0.274 e. The molecule has 2 rings (SSSR count). The summed E-state index contributed by atoms with van der Waals surface area (Å²) in [5, 5.41) is 14.2. The highest BCUT2D eigenvalue weighted by Crippen LogP contribution is 2.19. The number of nitrogens with zero attached hydrogens (tertiary/aromatic N) is 2. The highest BCUT2D eigenvalue weighted by Gasteiger charge is 2.03. The molecule has 0 atom stereocenters. The molecule has 0 radical (unpaired) electrons. The lowest BCUT2D eigenvalue weighted by Crippen LogP contribution is -2.18. The second-order valence-corrected chi connectivity index (χ2v) is 2.81. The standard InChI is InChI=1S/C9H8N2O2/c1-11-9(13)6-3-2-4-8(12)7(6)5-10-11/h2-5,12H,1H3. The third-order valence-corrected chi connectivity index (χ3v) is 1.97. The SMILES string of the molecule is Cn1ncc2c(O)cccc2c1=O. The molecule has 0 unspecified atom stereocenters. The molecule has 4 heteroatoms. The zero-order valence-electron chi connectivity index (χ0n) is 7.06. The van der Waals surface area contributed by atoms with Gasteiger partial charge in [-0.2, -0.15) is 5.10 Å². The molecule has 1 heterocycles. The number of rotatable bonds is 0. The largest absolute Gasteiger partial charge is 0.507 e. The van der Waals surface area contributed by atoms with Crippen LogP contribution in [0, 0.1) is 0 Å². The lowest BCUT2D eigenvalue weighted by molar-refractivity contribution is 0.481. The first-order valence-corrected chi connectivity index (χ1v) is 3.84. The Kier molecular flexibility index (Phi) is 1.55. The topological polar surface area (TPSA) is 55.1 Å². The first kappa shape index (κ1) is 7.79. The molecule has 4 nitrogen and oxygen atoms in total. The second-order valence-electron chi connectivity index (χ2n) is 2.81. The molecular weight excluding hydrogens is 168 g/mol. The van der Waals surface area contributed by atoms with Gasteiger partial charge in [-0.25, -0.2) is 4.68 Å². The van der Waals surface area contributed by atoms with Crippen LogP contribution in [0.5, 0.6) is 5.75 Å². The number of benzene rings is 1. The van der Waals surface area contributed by atoms with Gasteiger partial charge in [-0.15, -0.1) is 0 Å². The normalized spacial score (nSPS) is 10.5. The van der Waals surface area contributed by atoms with Gasteiger partial charge in [0.15, 0.2) is 0 Å². The van der Waals surface area contributed by atoms with Crippen LogP contribution >= 0.6 is 0 Å². The fourth-order valence-corrected chi connectivity index (χ4v) is 1.25. The minimum Gasteiger partial charge on any atom is -0.507 e. The van der Waals surface area contributed by atoms with Gasteiger partial charge < -0.3 is 5.11 Å². The van der Waals surface area contributed by atoms with Crippen molar-refractivity contribution in [3.63, 3.8) is 0 Å². The van der Waals surface area contributed by atoms with Gasteiger partial charge in [0.05, 0.1) is 11.6 Å². The first-order valence-electron chi connectivity index (χ1n) is 3.84. The molecule has 0 aliphatic rings. The molecule has 0 saturated carbocycles. The van der Waals surface area contributed by atoms with E-state index >= 15 is 0 Å². The number of aromatic hydroxyl groups is 1. The molecule has 1 aromatic heterocycles. The van der Waals surface area contributed by atoms with Gasteiger partial charge in [0, 0.05) is 12.4 Å². The molecule has 2 aromatic rings. The summed E-state index contributed by atoms with van der Waals surface area (Å²) in [6.45, 7) is 0. The minimum absolute atomic E-state index is 0.0858. The molecule has 13 heavy (non-hydrogen) atoms. The highest BCUT2D eigenvalue weighted by atomic mass is 16.3. The number of aryl methyl sites for hydroxylation is 1. The Morgan fingerprint density at radius 3 is 2.92 bits per heavy atom. The molecule has 66 valence electrons. The summed E-state index contributed by atoms with van der Waals surface area (Å²) in [7, 11) is 1.58. The van der Waals surface area contributed by atoms with Crippen LogP contribution < -0.4 is 5.56 Å². The Hall–Kier alpha value is -1.84. The maximum atomic E-state index is 11.5. The summed E-state index contributed by atoms with van der Waals surface area (Å²) in [6, 6.07) is 4.83. The number of aromatic nitrogens is 2. The summed E-state index contributed by atoms with van der Waals surface area (Å²) in [4.78, 5) is 11.5. The third-order valence-electron chi connectivity index (χ3n) is 1.97. The average molecular weight is 176 g/mol. The van der Waals surface area contributed by atoms with Crippen molar-refractivity contribution < 1.29 is 5.11 Å². The number of fused-ring (bicyclic) bond motifs is 1. The van der Waals surface area contributed by atoms with Gasteiger partial charge in [-0.05, 0) is 12.1 Å². The van der Waals surface area contributed by atoms with Crippen LogP contribution in [0.4, 0.5) is 0 Å². The highest BCUT2D eigenvalue weighted by molar-refractivity contribution is 5.86. The van der Waals surface area contributed by atoms with Gasteiger partial charge in [-0.3, -0.25) is 4.79 Å². The first-order chi connectivity index (χ1) is 6.20. The Bertz CT molecular complexity index is 516. The number of hydrogen-bond donors (Lipinski definition) is 1. The maximum absolute atomic E-state index is 11.5. The van der Waals surface area contributed by atoms with E-state index in [2.05, 4.69) is 5.10 Å². The van der Waals surface area contributed by atoms with Crippen LogP contribution in [0.3, 0.4) is 0 Å². The smallest absolute Gasteiger partial charge is 0.274 e. The molecule has 0 saturated heterocycles. The minimum atomic E-state index is -0.201. The van der Waals surface area contributed by atoms with E-state index in [4.69, 9.17) is 0 Å². The van der Waals surface area contributed by atoms with E-state index in [0.29, 0.717) is 10.8 Å². The second kappa shape index (κ2) is 2.58. The quantitative estimate of drug-likeness (QED) is 0.640. The van der Waals surface area contributed by atoms with Crippen molar-refractivity contribution in [2.75, 3.05) is 0 Å². The zero-order valence-corrected chi connectivity index (χ0v) is 7.06. The van der Waals surface area contributed by atoms with Crippen LogP contribution in [-0.2, 0) is 7.05 Å². The average Bonchev–Trinajstić information content (AvgIpc) is 2.12. The summed E-state index contributed by atoms with van der Waals surface area (Å²) in [5.74, 6) is 0.0858. The Labute approximate surface area is 74.1 Å². The van der Waals surface area contributed by atoms with E-state index in [1.54, 1.807) is 19.2 Å². The monoisotopic (exact) mass is 176 g/mol. The zero-order chi connectivity index (χ0) is 9.42. The summed E-state index contributed by atoms with van der Waals surface area (Å²) >= 11 is 0. The van der Waals surface area contributed by atoms with Gasteiger partial charge in [0.2, 0.25) is 0 Å². The fraction of sp³-hybridized carbons (Fsp3) is 0.111. The van der Waals surface area contributed by atoms with E-state index in [9.17, 15) is 9.90 Å².